The van der Waals surface area contributed by atoms with Crippen LogP contribution in [0.15, 0.2) is 35.2 Å². The summed E-state index contributed by atoms with van der Waals surface area (Å²) in [5.74, 6) is -2.73. The largest absolute Gasteiger partial charge is 0.471 e. The summed E-state index contributed by atoms with van der Waals surface area (Å²) in [6, 6.07) is 9.21. The fourth-order valence-electron chi connectivity index (χ4n) is 2.92. The average molecular weight is 391 g/mol. The minimum atomic E-state index is -5.03. The molecule has 1 saturated heterocycles. The number of thioether (sulfide) groups is 1. The van der Waals surface area contributed by atoms with E-state index in [2.05, 4.69) is 0 Å². The van der Waals surface area contributed by atoms with Gasteiger partial charge in [-0.3, -0.25) is 9.59 Å². The molecule has 0 saturated carbocycles. The number of hydrogen-bond donors (Lipinski definition) is 1. The van der Waals surface area contributed by atoms with Gasteiger partial charge in [0.05, 0.1) is 11.6 Å². The van der Waals surface area contributed by atoms with Crippen molar-refractivity contribution in [3.8, 4) is 0 Å². The SMILES string of the molecule is CC(=O)O[C@H]1[C@H](C)OC(Sc2ccccc2)C[C@@]1(C)NC(=O)C(F)(F)F. The fraction of sp³-hybridized carbons (Fsp3) is 0.529. The highest BCUT2D eigenvalue weighted by Crippen LogP contribution is 2.39. The molecule has 1 aromatic rings. The van der Waals surface area contributed by atoms with E-state index in [1.165, 1.54) is 18.7 Å². The lowest BCUT2D eigenvalue weighted by Gasteiger charge is -2.47. The third-order valence-electron chi connectivity index (χ3n) is 3.97. The number of amides is 1. The summed E-state index contributed by atoms with van der Waals surface area (Å²) in [4.78, 5) is 23.8. The average Bonchev–Trinajstić information content (AvgIpc) is 2.51. The van der Waals surface area contributed by atoms with Crippen LogP contribution in [0.5, 0.6) is 0 Å². The first-order chi connectivity index (χ1) is 12.0. The summed E-state index contributed by atoms with van der Waals surface area (Å²) in [6.07, 6.45) is -6.74. The second-order valence-electron chi connectivity index (χ2n) is 6.31. The Labute approximate surface area is 153 Å². The molecule has 0 spiro atoms. The van der Waals surface area contributed by atoms with Crippen LogP contribution in [-0.4, -0.2) is 41.2 Å². The van der Waals surface area contributed by atoms with E-state index in [-0.39, 0.29) is 6.42 Å². The van der Waals surface area contributed by atoms with Crippen LogP contribution in [0, 0.1) is 0 Å². The van der Waals surface area contributed by atoms with Gasteiger partial charge in [-0.25, -0.2) is 0 Å². The molecule has 1 amide bonds. The molecule has 1 fully saturated rings. The van der Waals surface area contributed by atoms with Gasteiger partial charge in [0.1, 0.15) is 5.44 Å². The molecule has 1 aliphatic rings. The van der Waals surface area contributed by atoms with Gasteiger partial charge >= 0.3 is 18.1 Å². The molecule has 1 N–H and O–H groups in total. The summed E-state index contributed by atoms with van der Waals surface area (Å²) in [5, 5.41) is 2.00. The van der Waals surface area contributed by atoms with Crippen molar-refractivity contribution in [3.05, 3.63) is 30.3 Å². The minimum absolute atomic E-state index is 0.0384. The fourth-order valence-corrected chi connectivity index (χ4v) is 4.19. The van der Waals surface area contributed by atoms with Gasteiger partial charge in [0, 0.05) is 18.2 Å². The highest BCUT2D eigenvalue weighted by atomic mass is 32.2. The zero-order valence-corrected chi connectivity index (χ0v) is 15.3. The van der Waals surface area contributed by atoms with Crippen molar-refractivity contribution >= 4 is 23.6 Å². The third kappa shape index (κ3) is 5.14. The molecule has 0 aliphatic carbocycles. The molecule has 0 radical (unpaired) electrons. The second kappa shape index (κ2) is 7.87. The Morgan fingerprint density at radius 1 is 1.31 bits per heavy atom. The highest BCUT2D eigenvalue weighted by molar-refractivity contribution is 7.99. The van der Waals surface area contributed by atoms with Crippen molar-refractivity contribution in [2.24, 2.45) is 0 Å². The Morgan fingerprint density at radius 2 is 1.92 bits per heavy atom. The van der Waals surface area contributed by atoms with E-state index in [1.54, 1.807) is 6.92 Å². The number of halogens is 3. The molecular weight excluding hydrogens is 371 g/mol. The van der Waals surface area contributed by atoms with Gasteiger partial charge in [-0.1, -0.05) is 30.0 Å². The van der Waals surface area contributed by atoms with Crippen molar-refractivity contribution in [3.63, 3.8) is 0 Å². The summed E-state index contributed by atoms with van der Waals surface area (Å²) < 4.78 is 49.2. The summed E-state index contributed by atoms with van der Waals surface area (Å²) in [6.45, 7) is 4.19. The summed E-state index contributed by atoms with van der Waals surface area (Å²) >= 11 is 1.33. The molecule has 9 heteroatoms. The summed E-state index contributed by atoms with van der Waals surface area (Å²) in [5.41, 5.74) is -1.94. The Bertz CT molecular complexity index is 655. The van der Waals surface area contributed by atoms with Crippen LogP contribution in [0.3, 0.4) is 0 Å². The molecule has 4 atom stereocenters. The van der Waals surface area contributed by atoms with Crippen molar-refractivity contribution in [2.75, 3.05) is 0 Å². The smallest absolute Gasteiger partial charge is 0.457 e. The van der Waals surface area contributed by atoms with Crippen molar-refractivity contribution in [1.29, 1.82) is 0 Å². The molecule has 0 bridgehead atoms. The van der Waals surface area contributed by atoms with Crippen LogP contribution < -0.4 is 5.32 Å². The van der Waals surface area contributed by atoms with Gasteiger partial charge in [0.25, 0.3) is 0 Å². The molecule has 1 aromatic carbocycles. The van der Waals surface area contributed by atoms with E-state index in [1.807, 2.05) is 35.6 Å². The zero-order chi connectivity index (χ0) is 19.5. The van der Waals surface area contributed by atoms with E-state index in [4.69, 9.17) is 9.47 Å². The lowest BCUT2D eigenvalue weighted by molar-refractivity contribution is -0.190. The lowest BCUT2D eigenvalue weighted by atomic mass is 9.85. The van der Waals surface area contributed by atoms with E-state index in [9.17, 15) is 22.8 Å². The molecule has 144 valence electrons. The first-order valence-corrected chi connectivity index (χ1v) is 8.83. The predicted octanol–water partition coefficient (Wildman–Crippen LogP) is 3.28. The van der Waals surface area contributed by atoms with E-state index in [0.29, 0.717) is 0 Å². The van der Waals surface area contributed by atoms with Gasteiger partial charge in [-0.2, -0.15) is 13.2 Å². The molecule has 1 aliphatic heterocycles. The first-order valence-electron chi connectivity index (χ1n) is 7.95. The number of carbonyl (C=O) groups is 2. The molecular formula is C17H20F3NO4S. The van der Waals surface area contributed by atoms with Gasteiger partial charge < -0.3 is 14.8 Å². The number of alkyl halides is 3. The maximum Gasteiger partial charge on any atom is 0.471 e. The number of hydrogen-bond acceptors (Lipinski definition) is 5. The maximum atomic E-state index is 12.7. The quantitative estimate of drug-likeness (QED) is 0.798. The minimum Gasteiger partial charge on any atom is -0.457 e. The number of rotatable bonds is 4. The first kappa shape index (κ1) is 20.6. The normalized spacial score (nSPS) is 29.1. The second-order valence-corrected chi connectivity index (χ2v) is 7.54. The van der Waals surface area contributed by atoms with Gasteiger partial charge in [-0.05, 0) is 26.0 Å². The zero-order valence-electron chi connectivity index (χ0n) is 14.5. The highest BCUT2D eigenvalue weighted by Gasteiger charge is 2.52. The Kier molecular flexibility index (Phi) is 6.23. The third-order valence-corrected chi connectivity index (χ3v) is 5.06. The van der Waals surface area contributed by atoms with Crippen molar-refractivity contribution in [2.45, 2.75) is 61.4 Å². The lowest BCUT2D eigenvalue weighted by Crippen LogP contribution is -2.65. The van der Waals surface area contributed by atoms with Gasteiger partial charge in [0.15, 0.2) is 6.10 Å². The van der Waals surface area contributed by atoms with Crippen molar-refractivity contribution < 1.29 is 32.2 Å². The summed E-state index contributed by atoms with van der Waals surface area (Å²) in [7, 11) is 0. The maximum absolute atomic E-state index is 12.7. The Balaban J connectivity index is 2.24. The molecule has 1 heterocycles. The van der Waals surface area contributed by atoms with E-state index in [0.717, 1.165) is 11.8 Å². The predicted molar refractivity (Wildman–Crippen MR) is 89.4 cm³/mol. The van der Waals surface area contributed by atoms with Crippen LogP contribution in [0.4, 0.5) is 13.2 Å². The monoisotopic (exact) mass is 391 g/mol. The molecule has 26 heavy (non-hydrogen) atoms. The number of esters is 1. The van der Waals surface area contributed by atoms with Gasteiger partial charge in [0.2, 0.25) is 0 Å². The molecule has 2 rings (SSSR count). The van der Waals surface area contributed by atoms with E-state index < -0.39 is 41.2 Å². The van der Waals surface area contributed by atoms with Crippen LogP contribution in [0.2, 0.25) is 0 Å². The molecule has 0 aromatic heterocycles. The number of benzene rings is 1. The van der Waals surface area contributed by atoms with Crippen molar-refractivity contribution in [1.82, 2.24) is 5.32 Å². The van der Waals surface area contributed by atoms with Gasteiger partial charge in [-0.15, -0.1) is 0 Å². The molecule has 1 unspecified atom stereocenters. The number of carbonyl (C=O) groups excluding carboxylic acids is 2. The topological polar surface area (TPSA) is 64.6 Å². The van der Waals surface area contributed by atoms with Crippen LogP contribution in [0.1, 0.15) is 27.2 Å². The molecule has 5 nitrogen and oxygen atoms in total. The standard InChI is InChI=1S/C17H20F3NO4S/c1-10-14(25-11(2)22)16(3,21-15(23)17(18,19)20)9-13(24-10)26-12-7-5-4-6-8-12/h4-8,10,13-14H,9H2,1-3H3,(H,21,23)/t10-,13?,14-,16+/m0/s1. The number of ether oxygens (including phenoxy) is 2. The number of nitrogens with one attached hydrogen (secondary N) is 1. The van der Waals surface area contributed by atoms with Crippen LogP contribution in [0.25, 0.3) is 0 Å². The van der Waals surface area contributed by atoms with E-state index >= 15 is 0 Å². The Morgan fingerprint density at radius 3 is 2.46 bits per heavy atom. The Hall–Kier alpha value is -1.74. The van der Waals surface area contributed by atoms with Crippen LogP contribution >= 0.6 is 11.8 Å². The van der Waals surface area contributed by atoms with Crippen LogP contribution in [-0.2, 0) is 19.1 Å².